The Labute approximate surface area is 103 Å². The SMILES string of the molecule is CC(/C=C/[C@@H](Cl)[C@@](C)(Cl)CBr)=C\C=O. The highest BCUT2D eigenvalue weighted by Gasteiger charge is 2.27. The molecule has 0 aromatic rings. The molecule has 0 heterocycles. The topological polar surface area (TPSA) is 17.1 Å². The van der Waals surface area contributed by atoms with Crippen molar-refractivity contribution in [1.82, 2.24) is 0 Å². The lowest BCUT2D eigenvalue weighted by Crippen LogP contribution is -2.29. The molecule has 0 saturated heterocycles. The predicted molar refractivity (Wildman–Crippen MR) is 66.7 cm³/mol. The first kappa shape index (κ1) is 14.2. The standard InChI is InChI=1S/C10H13BrCl2O/c1-8(5-6-14)3-4-9(12)10(2,13)7-11/h3-6,9H,7H2,1-2H3/b4-3+,8-5+/t9-,10+/m1/s1. The third kappa shape index (κ3) is 5.18. The Morgan fingerprint density at radius 3 is 2.64 bits per heavy atom. The van der Waals surface area contributed by atoms with Crippen LogP contribution in [0.2, 0.25) is 0 Å². The summed E-state index contributed by atoms with van der Waals surface area (Å²) in [6.45, 7) is 3.68. The summed E-state index contributed by atoms with van der Waals surface area (Å²) in [5, 5.41) is 0.329. The predicted octanol–water partition coefficient (Wildman–Crippen LogP) is 3.69. The summed E-state index contributed by atoms with van der Waals surface area (Å²) in [7, 11) is 0. The van der Waals surface area contributed by atoms with Crippen LogP contribution >= 0.6 is 39.1 Å². The molecule has 0 amide bonds. The highest BCUT2D eigenvalue weighted by molar-refractivity contribution is 9.09. The second kappa shape index (κ2) is 6.65. The molecule has 4 heteroatoms. The molecule has 0 aliphatic carbocycles. The van der Waals surface area contributed by atoms with Gasteiger partial charge in [0.15, 0.2) is 0 Å². The van der Waals surface area contributed by atoms with Crippen molar-refractivity contribution >= 4 is 45.4 Å². The van der Waals surface area contributed by atoms with Gasteiger partial charge in [0.05, 0.1) is 10.3 Å². The number of halogens is 3. The van der Waals surface area contributed by atoms with E-state index in [4.69, 9.17) is 23.2 Å². The minimum absolute atomic E-state index is 0.279. The van der Waals surface area contributed by atoms with Crippen molar-refractivity contribution in [2.75, 3.05) is 5.33 Å². The number of carbonyl (C=O) groups excluding carboxylic acids is 1. The molecule has 0 rings (SSSR count). The van der Waals surface area contributed by atoms with Crippen LogP contribution in [-0.4, -0.2) is 21.9 Å². The molecule has 0 spiro atoms. The van der Waals surface area contributed by atoms with E-state index in [1.807, 2.05) is 13.8 Å². The van der Waals surface area contributed by atoms with E-state index in [1.54, 1.807) is 12.2 Å². The maximum atomic E-state index is 10.1. The van der Waals surface area contributed by atoms with Gasteiger partial charge < -0.3 is 0 Å². The van der Waals surface area contributed by atoms with E-state index in [1.165, 1.54) is 6.08 Å². The summed E-state index contributed by atoms with van der Waals surface area (Å²) in [4.78, 5) is 9.62. The van der Waals surface area contributed by atoms with Gasteiger partial charge in [-0.25, -0.2) is 0 Å². The molecule has 0 radical (unpaired) electrons. The molecule has 0 bridgehead atoms. The summed E-state index contributed by atoms with van der Waals surface area (Å²) in [6.07, 6.45) is 5.79. The van der Waals surface area contributed by atoms with Gasteiger partial charge in [-0.1, -0.05) is 28.1 Å². The Balaban J connectivity index is 4.38. The third-order valence-electron chi connectivity index (χ3n) is 1.70. The third-order valence-corrected chi connectivity index (χ3v) is 4.29. The maximum Gasteiger partial charge on any atom is 0.143 e. The molecule has 1 nitrogen and oxygen atoms in total. The van der Waals surface area contributed by atoms with E-state index in [0.717, 1.165) is 11.9 Å². The van der Waals surface area contributed by atoms with Crippen molar-refractivity contribution in [3.05, 3.63) is 23.8 Å². The van der Waals surface area contributed by atoms with Crippen molar-refractivity contribution in [3.63, 3.8) is 0 Å². The van der Waals surface area contributed by atoms with Gasteiger partial charge in [0.1, 0.15) is 6.29 Å². The lowest BCUT2D eigenvalue weighted by atomic mass is 10.1. The van der Waals surface area contributed by atoms with E-state index >= 15 is 0 Å². The van der Waals surface area contributed by atoms with Crippen molar-refractivity contribution in [2.45, 2.75) is 24.1 Å². The van der Waals surface area contributed by atoms with Gasteiger partial charge in [-0.15, -0.1) is 23.2 Å². The number of hydrogen-bond donors (Lipinski definition) is 0. The summed E-state index contributed by atoms with van der Waals surface area (Å²) in [5.41, 5.74) is 0.854. The minimum Gasteiger partial charge on any atom is -0.299 e. The minimum atomic E-state index is -0.514. The summed E-state index contributed by atoms with van der Waals surface area (Å²) >= 11 is 15.5. The Bertz CT molecular complexity index is 247. The highest BCUT2D eigenvalue weighted by atomic mass is 79.9. The Morgan fingerprint density at radius 2 is 2.21 bits per heavy atom. The van der Waals surface area contributed by atoms with Crippen LogP contribution in [0.1, 0.15) is 13.8 Å². The van der Waals surface area contributed by atoms with Gasteiger partial charge >= 0.3 is 0 Å². The van der Waals surface area contributed by atoms with Gasteiger partial charge in [0, 0.05) is 5.33 Å². The van der Waals surface area contributed by atoms with E-state index in [9.17, 15) is 4.79 Å². The first-order valence-corrected chi connectivity index (χ1v) is 6.07. The quantitative estimate of drug-likeness (QED) is 0.327. The van der Waals surface area contributed by atoms with Crippen molar-refractivity contribution in [3.8, 4) is 0 Å². The largest absolute Gasteiger partial charge is 0.299 e. The van der Waals surface area contributed by atoms with E-state index in [-0.39, 0.29) is 5.38 Å². The van der Waals surface area contributed by atoms with E-state index in [0.29, 0.717) is 5.33 Å². The van der Waals surface area contributed by atoms with Gasteiger partial charge in [-0.3, -0.25) is 4.79 Å². The molecule has 2 atom stereocenters. The van der Waals surface area contributed by atoms with Crippen LogP contribution in [-0.2, 0) is 4.79 Å². The normalized spacial score (nSPS) is 19.4. The van der Waals surface area contributed by atoms with Crippen LogP contribution in [0.25, 0.3) is 0 Å². The molecule has 14 heavy (non-hydrogen) atoms. The van der Waals surface area contributed by atoms with Gasteiger partial charge in [-0.2, -0.15) is 0 Å². The maximum absolute atomic E-state index is 10.1. The number of allylic oxidation sites excluding steroid dienone is 4. The second-order valence-electron chi connectivity index (χ2n) is 3.22. The van der Waals surface area contributed by atoms with Crippen LogP contribution in [0.4, 0.5) is 0 Å². The molecule has 0 N–H and O–H groups in total. The van der Waals surface area contributed by atoms with Gasteiger partial charge in [-0.05, 0) is 25.5 Å². The Morgan fingerprint density at radius 1 is 1.64 bits per heavy atom. The van der Waals surface area contributed by atoms with E-state index in [2.05, 4.69) is 15.9 Å². The molecule has 0 aliphatic heterocycles. The smallest absolute Gasteiger partial charge is 0.143 e. The summed E-state index contributed by atoms with van der Waals surface area (Å²) < 4.78 is 0. The first-order valence-electron chi connectivity index (χ1n) is 4.13. The first-order chi connectivity index (χ1) is 6.44. The molecule has 0 aliphatic rings. The molecular weight excluding hydrogens is 287 g/mol. The zero-order valence-electron chi connectivity index (χ0n) is 8.14. The van der Waals surface area contributed by atoms with Crippen LogP contribution in [0, 0.1) is 0 Å². The Hall–Kier alpha value is 0.210. The zero-order valence-corrected chi connectivity index (χ0v) is 11.2. The summed E-state index contributed by atoms with van der Waals surface area (Å²) in [5.74, 6) is 0. The number of rotatable bonds is 5. The van der Waals surface area contributed by atoms with Crippen LogP contribution in [0.3, 0.4) is 0 Å². The van der Waals surface area contributed by atoms with Crippen molar-refractivity contribution in [1.29, 1.82) is 0 Å². The number of carbonyl (C=O) groups is 1. The lowest BCUT2D eigenvalue weighted by Gasteiger charge is -2.22. The number of aldehydes is 1. The fraction of sp³-hybridized carbons (Fsp3) is 0.500. The monoisotopic (exact) mass is 298 g/mol. The van der Waals surface area contributed by atoms with Crippen LogP contribution in [0.5, 0.6) is 0 Å². The average Bonchev–Trinajstić information content (AvgIpc) is 2.14. The fourth-order valence-corrected chi connectivity index (χ4v) is 1.43. The van der Waals surface area contributed by atoms with E-state index < -0.39 is 4.87 Å². The van der Waals surface area contributed by atoms with Crippen LogP contribution in [0.15, 0.2) is 23.8 Å². The second-order valence-corrected chi connectivity index (χ2v) is 5.11. The van der Waals surface area contributed by atoms with Crippen molar-refractivity contribution in [2.24, 2.45) is 0 Å². The number of alkyl halides is 3. The molecule has 0 aromatic heterocycles. The highest BCUT2D eigenvalue weighted by Crippen LogP contribution is 2.27. The van der Waals surface area contributed by atoms with Gasteiger partial charge in [0.2, 0.25) is 0 Å². The van der Waals surface area contributed by atoms with Crippen molar-refractivity contribution < 1.29 is 4.79 Å². The lowest BCUT2D eigenvalue weighted by molar-refractivity contribution is -0.104. The fourth-order valence-electron chi connectivity index (χ4n) is 0.673. The molecule has 80 valence electrons. The molecular formula is C10H13BrCl2O. The number of hydrogen-bond acceptors (Lipinski definition) is 1. The Kier molecular flexibility index (Phi) is 6.75. The molecule has 0 saturated carbocycles. The summed E-state index contributed by atoms with van der Waals surface area (Å²) in [6, 6.07) is 0. The zero-order chi connectivity index (χ0) is 11.2. The van der Waals surface area contributed by atoms with Crippen LogP contribution < -0.4 is 0 Å². The van der Waals surface area contributed by atoms with Gasteiger partial charge in [0.25, 0.3) is 0 Å². The molecule has 0 aromatic carbocycles. The molecule has 0 fully saturated rings. The average molecular weight is 300 g/mol. The molecule has 0 unspecified atom stereocenters.